The first-order valence-corrected chi connectivity index (χ1v) is 9.64. The maximum absolute atomic E-state index is 12.0. The lowest BCUT2D eigenvalue weighted by molar-refractivity contribution is -0.139. The van der Waals surface area contributed by atoms with Crippen LogP contribution in [0.4, 0.5) is 0 Å². The molecule has 0 saturated heterocycles. The highest BCUT2D eigenvalue weighted by molar-refractivity contribution is 7.89. The van der Waals surface area contributed by atoms with Crippen molar-refractivity contribution in [2.75, 3.05) is 13.2 Å². The van der Waals surface area contributed by atoms with Gasteiger partial charge in [0.15, 0.2) is 6.61 Å². The van der Waals surface area contributed by atoms with Crippen LogP contribution in [0.5, 0.6) is 5.75 Å². The van der Waals surface area contributed by atoms with Gasteiger partial charge >= 0.3 is 5.97 Å². The number of hydrogen-bond donors (Lipinski definition) is 3. The van der Waals surface area contributed by atoms with Crippen LogP contribution in [0.15, 0.2) is 58.5 Å². The van der Waals surface area contributed by atoms with Crippen molar-refractivity contribution in [1.82, 2.24) is 10.1 Å². The van der Waals surface area contributed by atoms with Gasteiger partial charge in [-0.1, -0.05) is 11.6 Å². The zero-order valence-electron chi connectivity index (χ0n) is 14.3. The zero-order valence-corrected chi connectivity index (χ0v) is 15.9. The molecule has 0 aliphatic carbocycles. The number of hydrazone groups is 1. The van der Waals surface area contributed by atoms with E-state index in [1.54, 1.807) is 24.3 Å². The van der Waals surface area contributed by atoms with Crippen molar-refractivity contribution in [2.45, 2.75) is 4.90 Å². The van der Waals surface area contributed by atoms with Crippen molar-refractivity contribution >= 4 is 39.7 Å². The Labute approximate surface area is 166 Å². The smallest absolute Gasteiger partial charge is 0.341 e. The molecule has 0 unspecified atom stereocenters. The molecule has 148 valence electrons. The fraction of sp³-hybridized carbons (Fsp3) is 0.118. The average Bonchev–Trinajstić information content (AvgIpc) is 2.66. The molecule has 0 atom stereocenters. The summed E-state index contributed by atoms with van der Waals surface area (Å²) in [4.78, 5) is 22.1. The van der Waals surface area contributed by atoms with E-state index < -0.39 is 35.1 Å². The Morgan fingerprint density at radius 2 is 1.75 bits per heavy atom. The van der Waals surface area contributed by atoms with Gasteiger partial charge in [0.05, 0.1) is 17.7 Å². The van der Waals surface area contributed by atoms with Gasteiger partial charge in [0.1, 0.15) is 5.75 Å². The molecule has 11 heteroatoms. The molecule has 0 heterocycles. The second-order valence-electron chi connectivity index (χ2n) is 5.32. The SMILES string of the molecule is O=C(O)COc1ccc(/C=N/NC(=O)CNS(=O)(=O)c2ccc(Cl)cc2)cc1. The minimum Gasteiger partial charge on any atom is -0.482 e. The number of sulfonamides is 1. The van der Waals surface area contributed by atoms with Gasteiger partial charge in [-0.15, -0.1) is 0 Å². The van der Waals surface area contributed by atoms with Crippen molar-refractivity contribution < 1.29 is 27.9 Å². The Morgan fingerprint density at radius 1 is 1.11 bits per heavy atom. The number of carbonyl (C=O) groups excluding carboxylic acids is 1. The number of carboxylic acid groups (broad SMARTS) is 1. The van der Waals surface area contributed by atoms with Gasteiger partial charge in [0, 0.05) is 5.02 Å². The number of halogens is 1. The maximum Gasteiger partial charge on any atom is 0.341 e. The molecule has 3 N–H and O–H groups in total. The fourth-order valence-corrected chi connectivity index (χ4v) is 2.98. The van der Waals surface area contributed by atoms with Crippen molar-refractivity contribution in [3.05, 3.63) is 59.1 Å². The second kappa shape index (κ2) is 9.83. The van der Waals surface area contributed by atoms with Crippen molar-refractivity contribution in [3.8, 4) is 5.75 Å². The van der Waals surface area contributed by atoms with Crippen LogP contribution in [0.25, 0.3) is 0 Å². The van der Waals surface area contributed by atoms with E-state index in [9.17, 15) is 18.0 Å². The van der Waals surface area contributed by atoms with E-state index in [0.717, 1.165) is 0 Å². The van der Waals surface area contributed by atoms with Gasteiger partial charge in [-0.05, 0) is 54.1 Å². The second-order valence-corrected chi connectivity index (χ2v) is 7.53. The standard InChI is InChI=1S/C17H16ClN3O6S/c18-13-3-7-15(8-4-13)28(25,26)20-10-16(22)21-19-9-12-1-5-14(6-2-12)27-11-17(23)24/h1-9,20H,10-11H2,(H,21,22)(H,23,24)/b19-9+. The largest absolute Gasteiger partial charge is 0.482 e. The first kappa shape index (κ1) is 21.4. The molecular weight excluding hydrogens is 410 g/mol. The summed E-state index contributed by atoms with van der Waals surface area (Å²) in [5.74, 6) is -1.37. The molecule has 0 bridgehead atoms. The summed E-state index contributed by atoms with van der Waals surface area (Å²) < 4.78 is 31.2. The monoisotopic (exact) mass is 425 g/mol. The third-order valence-corrected chi connectivity index (χ3v) is 4.86. The Kier molecular flexibility index (Phi) is 7.50. The van der Waals surface area contributed by atoms with E-state index in [1.807, 2.05) is 0 Å². The Hall–Kier alpha value is -2.95. The van der Waals surface area contributed by atoms with E-state index in [4.69, 9.17) is 21.4 Å². The lowest BCUT2D eigenvalue weighted by atomic mass is 10.2. The van der Waals surface area contributed by atoms with Crippen LogP contribution in [0.3, 0.4) is 0 Å². The lowest BCUT2D eigenvalue weighted by Gasteiger charge is -2.06. The summed E-state index contributed by atoms with van der Waals surface area (Å²) in [5.41, 5.74) is 2.81. The summed E-state index contributed by atoms with van der Waals surface area (Å²) in [6, 6.07) is 11.8. The molecule has 0 aromatic heterocycles. The van der Waals surface area contributed by atoms with E-state index in [2.05, 4.69) is 15.2 Å². The van der Waals surface area contributed by atoms with Crippen molar-refractivity contribution in [2.24, 2.45) is 5.10 Å². The molecule has 2 rings (SSSR count). The van der Waals surface area contributed by atoms with Crippen LogP contribution in [-0.2, 0) is 19.6 Å². The topological polar surface area (TPSA) is 134 Å². The van der Waals surface area contributed by atoms with E-state index in [0.29, 0.717) is 16.3 Å². The normalized spacial score (nSPS) is 11.3. The maximum atomic E-state index is 12.0. The lowest BCUT2D eigenvalue weighted by Crippen LogP contribution is -2.34. The number of hydrogen-bond acceptors (Lipinski definition) is 6. The van der Waals surface area contributed by atoms with Crippen LogP contribution in [-0.4, -0.2) is 44.8 Å². The first-order chi connectivity index (χ1) is 13.3. The number of amides is 1. The van der Waals surface area contributed by atoms with Gasteiger partial charge < -0.3 is 9.84 Å². The van der Waals surface area contributed by atoms with Crippen LogP contribution in [0.2, 0.25) is 5.02 Å². The highest BCUT2D eigenvalue weighted by Crippen LogP contribution is 2.13. The summed E-state index contributed by atoms with van der Waals surface area (Å²) >= 11 is 5.71. The molecule has 0 spiro atoms. The molecular formula is C17H16ClN3O6S. The number of nitrogens with one attached hydrogen (secondary N) is 2. The Morgan fingerprint density at radius 3 is 2.36 bits per heavy atom. The number of nitrogens with zero attached hydrogens (tertiary/aromatic N) is 1. The van der Waals surface area contributed by atoms with Gasteiger partial charge in [-0.3, -0.25) is 4.79 Å². The molecule has 0 aliphatic heterocycles. The summed E-state index contributed by atoms with van der Waals surface area (Å²) in [6.45, 7) is -0.945. The number of rotatable bonds is 9. The Bertz CT molecular complexity index is 959. The first-order valence-electron chi connectivity index (χ1n) is 7.78. The quantitative estimate of drug-likeness (QED) is 0.408. The van der Waals surface area contributed by atoms with Crippen molar-refractivity contribution in [3.63, 3.8) is 0 Å². The minimum atomic E-state index is -3.84. The summed E-state index contributed by atoms with van der Waals surface area (Å²) in [5, 5.41) is 12.6. The van der Waals surface area contributed by atoms with Crippen LogP contribution >= 0.6 is 11.6 Å². The molecule has 1 amide bonds. The average molecular weight is 426 g/mol. The number of ether oxygens (including phenoxy) is 1. The molecule has 28 heavy (non-hydrogen) atoms. The predicted octanol–water partition coefficient (Wildman–Crippen LogP) is 1.23. The number of benzene rings is 2. The van der Waals surface area contributed by atoms with Gasteiger partial charge in [-0.2, -0.15) is 5.10 Å². The number of aliphatic carboxylic acids is 1. The van der Waals surface area contributed by atoms with E-state index in [-0.39, 0.29) is 4.90 Å². The van der Waals surface area contributed by atoms with Crippen LogP contribution < -0.4 is 14.9 Å². The highest BCUT2D eigenvalue weighted by atomic mass is 35.5. The van der Waals surface area contributed by atoms with Gasteiger partial charge in [0.25, 0.3) is 5.91 Å². The summed E-state index contributed by atoms with van der Waals surface area (Å²) in [7, 11) is -3.84. The fourth-order valence-electron chi connectivity index (χ4n) is 1.87. The van der Waals surface area contributed by atoms with E-state index in [1.165, 1.54) is 30.5 Å². The molecule has 0 radical (unpaired) electrons. The number of carbonyl (C=O) groups is 2. The summed E-state index contributed by atoms with van der Waals surface area (Å²) in [6.07, 6.45) is 1.34. The van der Waals surface area contributed by atoms with Gasteiger partial charge in [0.2, 0.25) is 10.0 Å². The van der Waals surface area contributed by atoms with Crippen molar-refractivity contribution in [1.29, 1.82) is 0 Å². The van der Waals surface area contributed by atoms with E-state index >= 15 is 0 Å². The predicted molar refractivity (Wildman–Crippen MR) is 102 cm³/mol. The third kappa shape index (κ3) is 6.99. The molecule has 0 saturated carbocycles. The van der Waals surface area contributed by atoms with Gasteiger partial charge in [-0.25, -0.2) is 23.4 Å². The van der Waals surface area contributed by atoms with Crippen LogP contribution in [0.1, 0.15) is 5.56 Å². The zero-order chi connectivity index (χ0) is 20.6. The molecule has 2 aromatic carbocycles. The molecule has 2 aromatic rings. The molecule has 9 nitrogen and oxygen atoms in total. The molecule has 0 fully saturated rings. The number of carboxylic acids is 1. The Balaban J connectivity index is 1.81. The third-order valence-electron chi connectivity index (χ3n) is 3.19. The van der Waals surface area contributed by atoms with Crippen LogP contribution in [0, 0.1) is 0 Å². The molecule has 0 aliphatic rings. The minimum absolute atomic E-state index is 0.0154. The highest BCUT2D eigenvalue weighted by Gasteiger charge is 2.15.